The van der Waals surface area contributed by atoms with Crippen LogP contribution in [0.25, 0.3) is 10.9 Å². The van der Waals surface area contributed by atoms with Crippen LogP contribution in [0.2, 0.25) is 0 Å². The maximum atomic E-state index is 13.7. The van der Waals surface area contributed by atoms with Crippen molar-refractivity contribution >= 4 is 22.4 Å². The first-order valence-electron chi connectivity index (χ1n) is 13.2. The van der Waals surface area contributed by atoms with E-state index in [0.717, 1.165) is 78.1 Å². The van der Waals surface area contributed by atoms with E-state index in [-0.39, 0.29) is 12.4 Å². The molecule has 36 heavy (non-hydrogen) atoms. The fourth-order valence-corrected chi connectivity index (χ4v) is 5.14. The van der Waals surface area contributed by atoms with Crippen LogP contribution in [0.1, 0.15) is 68.3 Å². The lowest BCUT2D eigenvalue weighted by molar-refractivity contribution is 0.304. The number of likely N-dealkylation sites (N-methyl/N-ethyl adjacent to an activating group) is 1. The van der Waals surface area contributed by atoms with Gasteiger partial charge in [-0.2, -0.15) is 0 Å². The van der Waals surface area contributed by atoms with Gasteiger partial charge in [0.1, 0.15) is 23.2 Å². The van der Waals surface area contributed by atoms with Crippen molar-refractivity contribution in [2.75, 3.05) is 50.2 Å². The van der Waals surface area contributed by atoms with E-state index in [4.69, 9.17) is 14.7 Å². The van der Waals surface area contributed by atoms with Crippen molar-refractivity contribution in [3.05, 3.63) is 53.1 Å². The van der Waals surface area contributed by atoms with Crippen molar-refractivity contribution in [2.45, 2.75) is 58.3 Å². The molecule has 2 aliphatic rings. The Morgan fingerprint density at radius 1 is 1.06 bits per heavy atom. The maximum absolute atomic E-state index is 13.7. The van der Waals surface area contributed by atoms with E-state index >= 15 is 0 Å². The van der Waals surface area contributed by atoms with Gasteiger partial charge in [-0.1, -0.05) is 19.9 Å². The van der Waals surface area contributed by atoms with E-state index < -0.39 is 0 Å². The molecule has 0 radical (unpaired) electrons. The largest absolute Gasteiger partial charge is 0.496 e. The van der Waals surface area contributed by atoms with E-state index in [2.05, 4.69) is 28.9 Å². The molecule has 1 aromatic heterocycles. The molecule has 0 bridgehead atoms. The molecule has 1 saturated carbocycles. The molecule has 1 N–H and O–H groups in total. The summed E-state index contributed by atoms with van der Waals surface area (Å²) in [5, 5.41) is 10.5. The summed E-state index contributed by atoms with van der Waals surface area (Å²) in [4.78, 5) is 14.5. The fraction of sp³-hybridized carbons (Fsp3) is 0.517. The predicted octanol–water partition coefficient (Wildman–Crippen LogP) is 5.80. The molecule has 0 spiro atoms. The highest BCUT2D eigenvalue weighted by molar-refractivity contribution is 5.93. The molecule has 1 aliphatic heterocycles. The highest BCUT2D eigenvalue weighted by Gasteiger charge is 2.30. The summed E-state index contributed by atoms with van der Waals surface area (Å²) in [7, 11) is 3.61. The van der Waals surface area contributed by atoms with Gasteiger partial charge in [-0.25, -0.2) is 14.4 Å². The standard InChI is InChI=1S/C27H33FN4O2.C2H6/c1-17-14-23-22(16-24(17)31(2)12-13-33)27(30-26(29-23)19-4-5-19)32-10-8-18(9-11-32)21-7-6-20(28)15-25(21)34-3;1-2/h6-7,14-16,18-19,33H,4-5,8-13H2,1-3H3;1-2H3. The average molecular weight is 495 g/mol. The Bertz CT molecular complexity index is 1190. The van der Waals surface area contributed by atoms with Crippen molar-refractivity contribution in [1.29, 1.82) is 0 Å². The van der Waals surface area contributed by atoms with Gasteiger partial charge in [0.2, 0.25) is 0 Å². The van der Waals surface area contributed by atoms with Gasteiger partial charge in [-0.3, -0.25) is 0 Å². The van der Waals surface area contributed by atoms with Crippen molar-refractivity contribution in [3.63, 3.8) is 0 Å². The van der Waals surface area contributed by atoms with Crippen LogP contribution in [0, 0.1) is 12.7 Å². The van der Waals surface area contributed by atoms with Gasteiger partial charge in [-0.15, -0.1) is 0 Å². The minimum Gasteiger partial charge on any atom is -0.496 e. The van der Waals surface area contributed by atoms with Gasteiger partial charge in [0, 0.05) is 49.7 Å². The van der Waals surface area contributed by atoms with Crippen LogP contribution in [-0.4, -0.2) is 55.5 Å². The summed E-state index contributed by atoms with van der Waals surface area (Å²) in [6.45, 7) is 8.53. The first-order chi connectivity index (χ1) is 17.5. The Balaban J connectivity index is 0.00000148. The summed E-state index contributed by atoms with van der Waals surface area (Å²) in [5.74, 6) is 3.14. The molecule has 2 heterocycles. The third-order valence-electron chi connectivity index (χ3n) is 7.23. The number of aliphatic hydroxyl groups is 1. The molecule has 5 rings (SSSR count). The van der Waals surface area contributed by atoms with Crippen LogP contribution in [0.15, 0.2) is 30.3 Å². The lowest BCUT2D eigenvalue weighted by Crippen LogP contribution is -2.34. The molecular weight excluding hydrogens is 455 g/mol. The summed E-state index contributed by atoms with van der Waals surface area (Å²) < 4.78 is 19.2. The molecular formula is C29H39FN4O2. The van der Waals surface area contributed by atoms with Gasteiger partial charge < -0.3 is 19.6 Å². The van der Waals surface area contributed by atoms with E-state index in [1.165, 1.54) is 12.1 Å². The molecule has 194 valence electrons. The minimum absolute atomic E-state index is 0.109. The Morgan fingerprint density at radius 3 is 2.42 bits per heavy atom. The third-order valence-corrected chi connectivity index (χ3v) is 7.23. The number of fused-ring (bicyclic) bond motifs is 1. The molecule has 3 aromatic rings. The van der Waals surface area contributed by atoms with Crippen molar-refractivity contribution in [2.24, 2.45) is 0 Å². The number of aryl methyl sites for hydroxylation is 1. The quantitative estimate of drug-likeness (QED) is 0.448. The number of anilines is 2. The number of aliphatic hydroxyl groups excluding tert-OH is 1. The molecule has 7 heteroatoms. The van der Waals surface area contributed by atoms with Gasteiger partial charge >= 0.3 is 0 Å². The van der Waals surface area contributed by atoms with Crippen LogP contribution >= 0.6 is 0 Å². The SMILES string of the molecule is CC.COc1cc(F)ccc1C1CCN(c2nc(C3CC3)nc3cc(C)c(N(C)CCO)cc23)CC1. The number of nitrogens with zero attached hydrogens (tertiary/aromatic N) is 4. The molecule has 1 saturated heterocycles. The highest BCUT2D eigenvalue weighted by Crippen LogP contribution is 2.42. The Morgan fingerprint density at radius 2 is 1.78 bits per heavy atom. The van der Waals surface area contributed by atoms with Crippen LogP contribution < -0.4 is 14.5 Å². The molecule has 0 atom stereocenters. The van der Waals surface area contributed by atoms with Crippen LogP contribution in [-0.2, 0) is 0 Å². The van der Waals surface area contributed by atoms with Crippen molar-refractivity contribution < 1.29 is 14.2 Å². The molecule has 2 fully saturated rings. The van der Waals surface area contributed by atoms with Crippen LogP contribution in [0.3, 0.4) is 0 Å². The zero-order chi connectivity index (χ0) is 25.8. The first kappa shape index (κ1) is 26.1. The lowest BCUT2D eigenvalue weighted by Gasteiger charge is -2.34. The van der Waals surface area contributed by atoms with E-state index in [0.29, 0.717) is 24.1 Å². The Kier molecular flexibility index (Phi) is 8.29. The number of hydrogen-bond acceptors (Lipinski definition) is 6. The number of aromatic nitrogens is 2. The van der Waals surface area contributed by atoms with Crippen molar-refractivity contribution in [3.8, 4) is 5.75 Å². The topological polar surface area (TPSA) is 61.7 Å². The predicted molar refractivity (Wildman–Crippen MR) is 145 cm³/mol. The summed E-state index contributed by atoms with van der Waals surface area (Å²) in [6.07, 6.45) is 4.23. The Hall–Kier alpha value is -2.93. The molecule has 6 nitrogen and oxygen atoms in total. The lowest BCUT2D eigenvalue weighted by atomic mass is 9.88. The number of rotatable bonds is 7. The second-order valence-electron chi connectivity index (χ2n) is 9.63. The average Bonchev–Trinajstić information content (AvgIpc) is 3.75. The molecule has 1 aliphatic carbocycles. The zero-order valence-corrected chi connectivity index (χ0v) is 22.2. The molecule has 0 amide bonds. The molecule has 0 unspecified atom stereocenters. The number of piperidine rings is 1. The molecule has 2 aromatic carbocycles. The van der Waals surface area contributed by atoms with Crippen LogP contribution in [0.5, 0.6) is 5.75 Å². The third kappa shape index (κ3) is 5.41. The van der Waals surface area contributed by atoms with Crippen LogP contribution in [0.4, 0.5) is 15.9 Å². The number of ether oxygens (including phenoxy) is 1. The summed E-state index contributed by atoms with van der Waals surface area (Å²) >= 11 is 0. The first-order valence-corrected chi connectivity index (χ1v) is 13.2. The van der Waals surface area contributed by atoms with E-state index in [1.807, 2.05) is 27.0 Å². The van der Waals surface area contributed by atoms with E-state index in [9.17, 15) is 9.50 Å². The van der Waals surface area contributed by atoms with Gasteiger partial charge in [0.05, 0.1) is 19.2 Å². The fourth-order valence-electron chi connectivity index (χ4n) is 5.14. The minimum atomic E-state index is -0.268. The van der Waals surface area contributed by atoms with Gasteiger partial charge in [-0.05, 0) is 67.9 Å². The normalized spacial score (nSPS) is 16.0. The Labute approximate surface area is 214 Å². The zero-order valence-electron chi connectivity index (χ0n) is 22.2. The van der Waals surface area contributed by atoms with Gasteiger partial charge in [0.15, 0.2) is 0 Å². The highest BCUT2D eigenvalue weighted by atomic mass is 19.1. The van der Waals surface area contributed by atoms with E-state index in [1.54, 1.807) is 7.11 Å². The number of benzene rings is 2. The maximum Gasteiger partial charge on any atom is 0.140 e. The number of halogens is 1. The summed E-state index contributed by atoms with van der Waals surface area (Å²) in [5.41, 5.74) is 4.32. The number of methoxy groups -OCH3 is 1. The smallest absolute Gasteiger partial charge is 0.140 e. The van der Waals surface area contributed by atoms with Gasteiger partial charge in [0.25, 0.3) is 0 Å². The second-order valence-corrected chi connectivity index (χ2v) is 9.63. The monoisotopic (exact) mass is 494 g/mol. The summed E-state index contributed by atoms with van der Waals surface area (Å²) in [6, 6.07) is 9.21. The number of hydrogen-bond donors (Lipinski definition) is 1. The van der Waals surface area contributed by atoms with Crippen molar-refractivity contribution in [1.82, 2.24) is 9.97 Å². The second kappa shape index (κ2) is 11.4.